The van der Waals surface area contributed by atoms with Gasteiger partial charge in [-0.15, -0.1) is 0 Å². The van der Waals surface area contributed by atoms with Gasteiger partial charge < -0.3 is 10.2 Å². The molecule has 6 heteroatoms. The highest BCUT2D eigenvalue weighted by molar-refractivity contribution is 6.39. The largest absolute Gasteiger partial charge is 0.334 e. The lowest BCUT2D eigenvalue weighted by atomic mass is 10.2. The summed E-state index contributed by atoms with van der Waals surface area (Å²) in [6.45, 7) is 5.32. The monoisotopic (exact) mass is 274 g/mol. The first kappa shape index (κ1) is 15.6. The Morgan fingerprint density at radius 1 is 1.45 bits per heavy atom. The molecule has 2 amide bonds. The molecule has 0 bridgehead atoms. The Morgan fingerprint density at radius 2 is 2.10 bits per heavy atom. The van der Waals surface area contributed by atoms with Crippen molar-refractivity contribution in [3.05, 3.63) is 23.5 Å². The van der Waals surface area contributed by atoms with Crippen molar-refractivity contribution in [3.63, 3.8) is 0 Å². The molecule has 0 saturated carbocycles. The van der Waals surface area contributed by atoms with Crippen LogP contribution >= 0.6 is 0 Å². The molecule has 1 heterocycles. The van der Waals surface area contributed by atoms with Crippen LogP contribution < -0.4 is 5.32 Å². The van der Waals surface area contributed by atoms with Crippen molar-refractivity contribution in [1.82, 2.24) is 9.88 Å². The van der Waals surface area contributed by atoms with E-state index >= 15 is 0 Å². The Balaban J connectivity index is 2.76. The Hall–Kier alpha value is -2.42. The van der Waals surface area contributed by atoms with E-state index in [0.717, 1.165) is 5.69 Å². The minimum Gasteiger partial charge on any atom is -0.334 e. The zero-order valence-electron chi connectivity index (χ0n) is 12.1. The number of rotatable bonds is 3. The fourth-order valence-corrected chi connectivity index (χ4v) is 1.62. The number of nitrogens with zero attached hydrogens (tertiary/aromatic N) is 3. The summed E-state index contributed by atoms with van der Waals surface area (Å²) in [6.07, 6.45) is 0.181. The summed E-state index contributed by atoms with van der Waals surface area (Å²) in [5, 5.41) is 11.1. The van der Waals surface area contributed by atoms with Gasteiger partial charge in [0.2, 0.25) is 0 Å². The fourth-order valence-electron chi connectivity index (χ4n) is 1.62. The molecule has 0 aliphatic heterocycles. The maximum atomic E-state index is 11.9. The highest BCUT2D eigenvalue weighted by Gasteiger charge is 2.23. The third kappa shape index (κ3) is 3.79. The number of pyridine rings is 1. The van der Waals surface area contributed by atoms with Gasteiger partial charge in [-0.2, -0.15) is 5.26 Å². The Bertz CT molecular complexity index is 563. The first-order valence-electron chi connectivity index (χ1n) is 6.26. The number of nitriles is 1. The summed E-state index contributed by atoms with van der Waals surface area (Å²) in [4.78, 5) is 29.3. The van der Waals surface area contributed by atoms with E-state index in [0.29, 0.717) is 11.4 Å². The van der Waals surface area contributed by atoms with Crippen LogP contribution in [0.4, 0.5) is 5.69 Å². The number of hydrogen-bond donors (Lipinski definition) is 1. The number of anilines is 1. The SMILES string of the molecule is Cc1ccc(NC(=O)C(=O)N(C)[C@H](C)CC#N)c(C)n1. The molecule has 0 spiro atoms. The number of aryl methyl sites for hydroxylation is 2. The van der Waals surface area contributed by atoms with Crippen molar-refractivity contribution in [1.29, 1.82) is 5.26 Å². The second kappa shape index (κ2) is 6.66. The van der Waals surface area contributed by atoms with E-state index in [-0.39, 0.29) is 12.5 Å². The predicted molar refractivity (Wildman–Crippen MR) is 74.8 cm³/mol. The van der Waals surface area contributed by atoms with Crippen LogP contribution in [0.25, 0.3) is 0 Å². The molecule has 106 valence electrons. The maximum Gasteiger partial charge on any atom is 0.313 e. The lowest BCUT2D eigenvalue weighted by Gasteiger charge is -2.22. The van der Waals surface area contributed by atoms with Crippen LogP contribution in [-0.2, 0) is 9.59 Å². The van der Waals surface area contributed by atoms with E-state index in [9.17, 15) is 9.59 Å². The Kier molecular flexibility index (Phi) is 5.21. The van der Waals surface area contributed by atoms with Crippen molar-refractivity contribution in [3.8, 4) is 6.07 Å². The van der Waals surface area contributed by atoms with Gasteiger partial charge >= 0.3 is 11.8 Å². The lowest BCUT2D eigenvalue weighted by molar-refractivity contribution is -0.143. The van der Waals surface area contributed by atoms with E-state index in [2.05, 4.69) is 10.3 Å². The van der Waals surface area contributed by atoms with Gasteiger partial charge in [0.25, 0.3) is 0 Å². The molecule has 1 aromatic rings. The van der Waals surface area contributed by atoms with Gasteiger partial charge in [-0.1, -0.05) is 0 Å². The number of hydrogen-bond acceptors (Lipinski definition) is 4. The van der Waals surface area contributed by atoms with E-state index in [1.807, 2.05) is 13.0 Å². The molecule has 0 aromatic carbocycles. The Morgan fingerprint density at radius 3 is 2.65 bits per heavy atom. The molecule has 1 rings (SSSR count). The van der Waals surface area contributed by atoms with Crippen molar-refractivity contribution in [2.24, 2.45) is 0 Å². The Labute approximate surface area is 118 Å². The zero-order chi connectivity index (χ0) is 15.3. The van der Waals surface area contributed by atoms with Gasteiger partial charge in [0, 0.05) is 18.8 Å². The summed E-state index contributed by atoms with van der Waals surface area (Å²) in [5.74, 6) is -1.40. The summed E-state index contributed by atoms with van der Waals surface area (Å²) in [5.41, 5.74) is 2.00. The molecule has 0 unspecified atom stereocenters. The van der Waals surface area contributed by atoms with E-state index in [1.165, 1.54) is 11.9 Å². The lowest BCUT2D eigenvalue weighted by Crippen LogP contribution is -2.42. The second-order valence-electron chi connectivity index (χ2n) is 4.67. The normalized spacial score (nSPS) is 11.3. The minimum atomic E-state index is -0.731. The van der Waals surface area contributed by atoms with Crippen molar-refractivity contribution >= 4 is 17.5 Å². The van der Waals surface area contributed by atoms with E-state index in [4.69, 9.17) is 5.26 Å². The topological polar surface area (TPSA) is 86.1 Å². The van der Waals surface area contributed by atoms with Gasteiger partial charge in [-0.25, -0.2) is 0 Å². The van der Waals surface area contributed by atoms with Crippen molar-refractivity contribution in [2.75, 3.05) is 12.4 Å². The van der Waals surface area contributed by atoms with Crippen molar-refractivity contribution < 1.29 is 9.59 Å². The molecule has 20 heavy (non-hydrogen) atoms. The molecule has 0 fully saturated rings. The number of likely N-dealkylation sites (N-methyl/N-ethyl adjacent to an activating group) is 1. The number of carbonyl (C=O) groups excluding carboxylic acids is 2. The first-order chi connectivity index (χ1) is 9.36. The molecule has 0 aliphatic carbocycles. The molecular weight excluding hydrogens is 256 g/mol. The summed E-state index contributed by atoms with van der Waals surface area (Å²) >= 11 is 0. The fraction of sp³-hybridized carbons (Fsp3) is 0.429. The summed E-state index contributed by atoms with van der Waals surface area (Å²) in [6, 6.07) is 5.13. The van der Waals surface area contributed by atoms with Gasteiger partial charge in [-0.05, 0) is 32.9 Å². The molecule has 6 nitrogen and oxygen atoms in total. The molecule has 0 radical (unpaired) electrons. The van der Waals surface area contributed by atoms with Crippen LogP contribution in [0.15, 0.2) is 12.1 Å². The number of aromatic nitrogens is 1. The summed E-state index contributed by atoms with van der Waals surface area (Å²) < 4.78 is 0. The highest BCUT2D eigenvalue weighted by atomic mass is 16.2. The molecule has 1 N–H and O–H groups in total. The molecule has 0 aliphatic rings. The highest BCUT2D eigenvalue weighted by Crippen LogP contribution is 2.13. The van der Waals surface area contributed by atoms with Gasteiger partial charge in [0.1, 0.15) is 0 Å². The zero-order valence-corrected chi connectivity index (χ0v) is 12.1. The summed E-state index contributed by atoms with van der Waals surface area (Å²) in [7, 11) is 1.50. The predicted octanol–water partition coefficient (Wildman–Crippen LogP) is 1.40. The molecule has 1 aromatic heterocycles. The second-order valence-corrected chi connectivity index (χ2v) is 4.67. The van der Waals surface area contributed by atoms with Crippen molar-refractivity contribution in [2.45, 2.75) is 33.2 Å². The number of nitrogens with one attached hydrogen (secondary N) is 1. The smallest absolute Gasteiger partial charge is 0.313 e. The molecular formula is C14H18N4O2. The van der Waals surface area contributed by atoms with Crippen LogP contribution in [0.2, 0.25) is 0 Å². The van der Waals surface area contributed by atoms with Gasteiger partial charge in [0.05, 0.1) is 23.9 Å². The molecule has 1 atom stereocenters. The van der Waals surface area contributed by atoms with Crippen LogP contribution in [0.1, 0.15) is 24.7 Å². The maximum absolute atomic E-state index is 11.9. The average Bonchev–Trinajstić information content (AvgIpc) is 2.40. The van der Waals surface area contributed by atoms with Crippen LogP contribution in [-0.4, -0.2) is 34.8 Å². The van der Waals surface area contributed by atoms with Crippen LogP contribution in [0.3, 0.4) is 0 Å². The minimum absolute atomic E-state index is 0.181. The van der Waals surface area contributed by atoms with Crippen LogP contribution in [0.5, 0.6) is 0 Å². The average molecular weight is 274 g/mol. The third-order valence-electron chi connectivity index (χ3n) is 3.04. The first-order valence-corrected chi connectivity index (χ1v) is 6.26. The van der Waals surface area contributed by atoms with Gasteiger partial charge in [0.15, 0.2) is 0 Å². The number of carbonyl (C=O) groups is 2. The standard InChI is InChI=1S/C14H18N4O2/c1-9-5-6-12(11(3)16-9)17-13(19)14(20)18(4)10(2)7-8-15/h5-6,10H,7H2,1-4H3,(H,17,19)/t10-/m1/s1. The van der Waals surface area contributed by atoms with Crippen LogP contribution in [0, 0.1) is 25.2 Å². The quantitative estimate of drug-likeness (QED) is 0.844. The van der Waals surface area contributed by atoms with Gasteiger partial charge in [-0.3, -0.25) is 14.6 Å². The third-order valence-corrected chi connectivity index (χ3v) is 3.04. The van der Waals surface area contributed by atoms with E-state index in [1.54, 1.807) is 26.0 Å². The molecule has 0 saturated heterocycles. The number of amides is 2. The van der Waals surface area contributed by atoms with E-state index < -0.39 is 11.8 Å².